The van der Waals surface area contributed by atoms with Crippen LogP contribution in [0.25, 0.3) is 0 Å². The lowest BCUT2D eigenvalue weighted by molar-refractivity contribution is 0.500. The molecule has 1 aromatic carbocycles. The van der Waals surface area contributed by atoms with Gasteiger partial charge in [-0.2, -0.15) is 0 Å². The van der Waals surface area contributed by atoms with Crippen molar-refractivity contribution in [2.24, 2.45) is 10.7 Å². The summed E-state index contributed by atoms with van der Waals surface area (Å²) >= 11 is 6.10. The first kappa shape index (κ1) is 20.4. The molecular formula is C15H24ClFIN3. The highest BCUT2D eigenvalue weighted by Gasteiger charge is 2.23. The lowest BCUT2D eigenvalue weighted by Gasteiger charge is -2.26. The summed E-state index contributed by atoms with van der Waals surface area (Å²) in [6.07, 6.45) is 0. The van der Waals surface area contributed by atoms with Gasteiger partial charge in [0.1, 0.15) is 5.82 Å². The maximum Gasteiger partial charge on any atom is 0.189 e. The van der Waals surface area contributed by atoms with Crippen LogP contribution in [0, 0.1) is 5.82 Å². The van der Waals surface area contributed by atoms with Crippen LogP contribution in [0.5, 0.6) is 0 Å². The summed E-state index contributed by atoms with van der Waals surface area (Å²) in [6.45, 7) is 10.5. The summed E-state index contributed by atoms with van der Waals surface area (Å²) in [5, 5.41) is 3.51. The molecule has 3 nitrogen and oxygen atoms in total. The van der Waals surface area contributed by atoms with Gasteiger partial charge < -0.3 is 11.1 Å². The average molecular weight is 428 g/mol. The Morgan fingerprint density at radius 2 is 1.86 bits per heavy atom. The summed E-state index contributed by atoms with van der Waals surface area (Å²) in [5.74, 6) is 0.0516. The van der Waals surface area contributed by atoms with E-state index in [1.807, 2.05) is 34.6 Å². The lowest BCUT2D eigenvalue weighted by atomic mass is 9.84. The summed E-state index contributed by atoms with van der Waals surface area (Å²) in [6, 6.07) is 4.42. The first-order valence-corrected chi connectivity index (χ1v) is 6.93. The molecule has 0 atom stereocenters. The van der Waals surface area contributed by atoms with Gasteiger partial charge in [0, 0.05) is 16.0 Å². The number of benzene rings is 1. The summed E-state index contributed by atoms with van der Waals surface area (Å²) in [7, 11) is 0. The molecule has 6 heteroatoms. The molecule has 0 fully saturated rings. The number of aliphatic imine (C=N–C) groups is 1. The number of nitrogens with zero attached hydrogens (tertiary/aromatic N) is 1. The highest BCUT2D eigenvalue weighted by Crippen LogP contribution is 2.30. The van der Waals surface area contributed by atoms with Crippen molar-refractivity contribution in [3.63, 3.8) is 0 Å². The normalized spacial score (nSPS) is 12.8. The second-order valence-electron chi connectivity index (χ2n) is 6.58. The monoisotopic (exact) mass is 427 g/mol. The molecule has 0 saturated carbocycles. The predicted molar refractivity (Wildman–Crippen MR) is 99.2 cm³/mol. The third-order valence-electron chi connectivity index (χ3n) is 2.81. The van der Waals surface area contributed by atoms with E-state index in [4.69, 9.17) is 17.3 Å². The van der Waals surface area contributed by atoms with Crippen molar-refractivity contribution in [1.82, 2.24) is 5.32 Å². The van der Waals surface area contributed by atoms with Gasteiger partial charge in [-0.15, -0.1) is 24.0 Å². The molecular weight excluding hydrogens is 404 g/mol. The molecule has 0 aliphatic heterocycles. The zero-order chi connectivity index (χ0) is 15.6. The van der Waals surface area contributed by atoms with Crippen molar-refractivity contribution in [2.75, 3.05) is 6.54 Å². The maximum absolute atomic E-state index is 13.1. The minimum Gasteiger partial charge on any atom is -0.370 e. The Hall–Kier alpha value is -0.560. The van der Waals surface area contributed by atoms with E-state index in [-0.39, 0.29) is 40.7 Å². The molecule has 0 aliphatic carbocycles. The quantitative estimate of drug-likeness (QED) is 0.434. The Morgan fingerprint density at radius 3 is 2.33 bits per heavy atom. The van der Waals surface area contributed by atoms with Gasteiger partial charge in [-0.05, 0) is 38.5 Å². The largest absolute Gasteiger partial charge is 0.370 e. The molecule has 21 heavy (non-hydrogen) atoms. The molecule has 0 saturated heterocycles. The fourth-order valence-corrected chi connectivity index (χ4v) is 2.25. The molecule has 0 bridgehead atoms. The topological polar surface area (TPSA) is 50.4 Å². The third kappa shape index (κ3) is 6.82. The molecule has 0 unspecified atom stereocenters. The van der Waals surface area contributed by atoms with E-state index in [0.717, 1.165) is 5.56 Å². The molecule has 3 N–H and O–H groups in total. The fraction of sp³-hybridized carbons (Fsp3) is 0.533. The van der Waals surface area contributed by atoms with Gasteiger partial charge in [0.05, 0.1) is 6.54 Å². The van der Waals surface area contributed by atoms with E-state index in [1.165, 1.54) is 12.1 Å². The van der Waals surface area contributed by atoms with E-state index >= 15 is 0 Å². The van der Waals surface area contributed by atoms with Crippen molar-refractivity contribution in [3.8, 4) is 0 Å². The minimum absolute atomic E-state index is 0. The Labute approximate surface area is 148 Å². The second kappa shape index (κ2) is 7.63. The zero-order valence-electron chi connectivity index (χ0n) is 13.1. The van der Waals surface area contributed by atoms with Crippen LogP contribution in [-0.2, 0) is 5.41 Å². The van der Waals surface area contributed by atoms with Gasteiger partial charge in [-0.1, -0.05) is 31.5 Å². The van der Waals surface area contributed by atoms with Gasteiger partial charge in [-0.3, -0.25) is 4.99 Å². The molecule has 1 rings (SSSR count). The van der Waals surface area contributed by atoms with Crippen LogP contribution in [0.4, 0.5) is 4.39 Å². The van der Waals surface area contributed by atoms with Crippen molar-refractivity contribution in [3.05, 3.63) is 34.6 Å². The zero-order valence-corrected chi connectivity index (χ0v) is 16.2. The van der Waals surface area contributed by atoms with Crippen LogP contribution in [0.2, 0.25) is 5.02 Å². The van der Waals surface area contributed by atoms with Crippen molar-refractivity contribution in [2.45, 2.75) is 45.6 Å². The number of nitrogens with two attached hydrogens (primary N) is 1. The Balaban J connectivity index is 0.00000400. The minimum atomic E-state index is -0.341. The average Bonchev–Trinajstić information content (AvgIpc) is 2.23. The van der Waals surface area contributed by atoms with Gasteiger partial charge in [0.25, 0.3) is 0 Å². The van der Waals surface area contributed by atoms with Gasteiger partial charge in [-0.25, -0.2) is 4.39 Å². The fourth-order valence-electron chi connectivity index (χ4n) is 1.83. The molecule has 0 amide bonds. The maximum atomic E-state index is 13.1. The van der Waals surface area contributed by atoms with Crippen LogP contribution in [0.1, 0.15) is 40.2 Å². The van der Waals surface area contributed by atoms with E-state index < -0.39 is 0 Å². The first-order chi connectivity index (χ1) is 9.01. The number of guanidine groups is 1. The van der Waals surface area contributed by atoms with Crippen molar-refractivity contribution in [1.29, 1.82) is 0 Å². The Bertz CT molecular complexity index is 510. The highest BCUT2D eigenvalue weighted by molar-refractivity contribution is 14.0. The standard InChI is InChI=1S/C15H23ClFN3.HI/c1-14(2,3)20-13(18)19-9-15(4,5)11-7-6-10(17)8-12(11)16;/h6-8H,9H2,1-5H3,(H3,18,19,20);1H. The van der Waals surface area contributed by atoms with Crippen molar-refractivity contribution >= 4 is 41.5 Å². The summed E-state index contributed by atoms with van der Waals surface area (Å²) in [4.78, 5) is 4.35. The summed E-state index contributed by atoms with van der Waals surface area (Å²) < 4.78 is 13.1. The van der Waals surface area contributed by atoms with Crippen LogP contribution in [0.15, 0.2) is 23.2 Å². The van der Waals surface area contributed by atoms with Crippen LogP contribution < -0.4 is 11.1 Å². The lowest BCUT2D eigenvalue weighted by Crippen LogP contribution is -2.45. The second-order valence-corrected chi connectivity index (χ2v) is 6.99. The van der Waals surface area contributed by atoms with Crippen LogP contribution >= 0.6 is 35.6 Å². The molecule has 120 valence electrons. The van der Waals surface area contributed by atoms with Crippen LogP contribution in [-0.4, -0.2) is 18.0 Å². The van der Waals surface area contributed by atoms with E-state index in [0.29, 0.717) is 17.5 Å². The Morgan fingerprint density at radius 1 is 1.29 bits per heavy atom. The number of halogens is 3. The summed E-state index contributed by atoms with van der Waals surface area (Å²) in [5.41, 5.74) is 6.25. The van der Waals surface area contributed by atoms with Gasteiger partial charge in [0.2, 0.25) is 0 Å². The number of hydrogen-bond donors (Lipinski definition) is 2. The first-order valence-electron chi connectivity index (χ1n) is 6.55. The molecule has 0 spiro atoms. The number of rotatable bonds is 3. The van der Waals surface area contributed by atoms with E-state index in [1.54, 1.807) is 6.07 Å². The predicted octanol–water partition coefficient (Wildman–Crippen LogP) is 4.08. The van der Waals surface area contributed by atoms with E-state index in [2.05, 4.69) is 10.3 Å². The SMILES string of the molecule is CC(C)(C)NC(N)=NCC(C)(C)c1ccc(F)cc1Cl.I. The molecule has 0 aliphatic rings. The Kier molecular flexibility index (Phi) is 7.42. The third-order valence-corrected chi connectivity index (χ3v) is 3.12. The van der Waals surface area contributed by atoms with Gasteiger partial charge in [0.15, 0.2) is 5.96 Å². The van der Waals surface area contributed by atoms with Crippen molar-refractivity contribution < 1.29 is 4.39 Å². The van der Waals surface area contributed by atoms with E-state index in [9.17, 15) is 4.39 Å². The molecule has 1 aromatic rings. The van der Waals surface area contributed by atoms with Crippen LogP contribution in [0.3, 0.4) is 0 Å². The molecule has 0 aromatic heterocycles. The molecule has 0 heterocycles. The number of hydrogen-bond acceptors (Lipinski definition) is 1. The number of nitrogens with one attached hydrogen (secondary N) is 1. The smallest absolute Gasteiger partial charge is 0.189 e. The highest BCUT2D eigenvalue weighted by atomic mass is 127. The molecule has 0 radical (unpaired) electrons. The van der Waals surface area contributed by atoms with Gasteiger partial charge >= 0.3 is 0 Å².